The molecule has 0 aliphatic heterocycles. The van der Waals surface area contributed by atoms with Crippen LogP contribution in [0.25, 0.3) is 0 Å². The normalized spacial score (nSPS) is 24.4. The zero-order valence-electron chi connectivity index (χ0n) is 11.5. The molecule has 1 aliphatic carbocycles. The molecule has 1 fully saturated rings. The standard InChI is InChI=1S/C16H17NOS2/c1-12(19)15(20)16(14-6-4-9-17-11-14)8-3-2-5-13(16)7-10-18/h4,6-7,9-11H,2-3,5,8H2,1H3. The first-order valence-electron chi connectivity index (χ1n) is 6.73. The third-order valence-corrected chi connectivity index (χ3v) is 4.91. The molecule has 0 bridgehead atoms. The van der Waals surface area contributed by atoms with E-state index in [0.717, 1.165) is 52.8 Å². The van der Waals surface area contributed by atoms with Crippen molar-refractivity contribution < 1.29 is 4.79 Å². The summed E-state index contributed by atoms with van der Waals surface area (Å²) in [5.74, 6) is 0. The molecule has 2 rings (SSSR count). The highest BCUT2D eigenvalue weighted by molar-refractivity contribution is 7.89. The van der Waals surface area contributed by atoms with E-state index in [1.54, 1.807) is 12.3 Å². The molecule has 1 saturated carbocycles. The lowest BCUT2D eigenvalue weighted by atomic mass is 9.64. The van der Waals surface area contributed by atoms with Crippen molar-refractivity contribution in [2.45, 2.75) is 38.0 Å². The number of hydrogen-bond acceptors (Lipinski definition) is 4. The first-order chi connectivity index (χ1) is 9.63. The third-order valence-electron chi connectivity index (χ3n) is 3.93. The average molecular weight is 303 g/mol. The lowest BCUT2D eigenvalue weighted by molar-refractivity contribution is -0.104. The quantitative estimate of drug-likeness (QED) is 0.481. The van der Waals surface area contributed by atoms with Gasteiger partial charge in [0.15, 0.2) is 0 Å². The fourth-order valence-corrected chi connectivity index (χ4v) is 3.55. The number of aromatic nitrogens is 1. The Bertz CT molecular complexity index is 565. The number of carbonyl (C=O) groups is 1. The van der Waals surface area contributed by atoms with Gasteiger partial charge in [0.05, 0.1) is 5.41 Å². The number of allylic oxidation sites excluding steroid dienone is 2. The second-order valence-corrected chi connectivity index (χ2v) is 6.09. The molecule has 1 aromatic rings. The van der Waals surface area contributed by atoms with Crippen molar-refractivity contribution >= 4 is 40.5 Å². The smallest absolute Gasteiger partial charge is 0.142 e. The van der Waals surface area contributed by atoms with Gasteiger partial charge in [-0.1, -0.05) is 42.5 Å². The molecule has 104 valence electrons. The van der Waals surface area contributed by atoms with Gasteiger partial charge in [-0.25, -0.2) is 0 Å². The van der Waals surface area contributed by atoms with Crippen LogP contribution in [0.3, 0.4) is 0 Å². The Morgan fingerprint density at radius 1 is 1.40 bits per heavy atom. The van der Waals surface area contributed by atoms with Gasteiger partial charge in [0.1, 0.15) is 6.29 Å². The van der Waals surface area contributed by atoms with E-state index in [4.69, 9.17) is 24.4 Å². The molecule has 0 spiro atoms. The fourth-order valence-electron chi connectivity index (χ4n) is 3.02. The highest BCUT2D eigenvalue weighted by atomic mass is 32.1. The predicted molar refractivity (Wildman–Crippen MR) is 89.4 cm³/mol. The van der Waals surface area contributed by atoms with Crippen LogP contribution in [-0.2, 0) is 10.2 Å². The van der Waals surface area contributed by atoms with E-state index in [2.05, 4.69) is 4.98 Å². The Balaban J connectivity index is 2.65. The molecule has 0 aromatic carbocycles. The lowest BCUT2D eigenvalue weighted by Gasteiger charge is -2.40. The second kappa shape index (κ2) is 6.46. The molecule has 0 saturated heterocycles. The highest BCUT2D eigenvalue weighted by Crippen LogP contribution is 2.44. The molecule has 0 N–H and O–H groups in total. The SMILES string of the molecule is CC(=S)C(=S)C1(c2cccnc2)CCCCC1=CC=O. The Hall–Kier alpha value is -1.26. The molecule has 1 aromatic heterocycles. The first kappa shape index (κ1) is 15.1. The Labute approximate surface area is 130 Å². The molecule has 0 radical (unpaired) electrons. The summed E-state index contributed by atoms with van der Waals surface area (Å²) in [6.45, 7) is 1.86. The van der Waals surface area contributed by atoms with Gasteiger partial charge in [0.25, 0.3) is 0 Å². The van der Waals surface area contributed by atoms with Gasteiger partial charge in [-0.2, -0.15) is 0 Å². The summed E-state index contributed by atoms with van der Waals surface area (Å²) < 4.78 is 0. The van der Waals surface area contributed by atoms with Crippen molar-refractivity contribution in [2.75, 3.05) is 0 Å². The molecular weight excluding hydrogens is 286 g/mol. The van der Waals surface area contributed by atoms with E-state index in [-0.39, 0.29) is 0 Å². The fraction of sp³-hybridized carbons (Fsp3) is 0.375. The van der Waals surface area contributed by atoms with E-state index in [9.17, 15) is 4.79 Å². The minimum atomic E-state index is -0.422. The number of hydrogen-bond donors (Lipinski definition) is 0. The third kappa shape index (κ3) is 2.63. The van der Waals surface area contributed by atoms with Crippen molar-refractivity contribution in [3.63, 3.8) is 0 Å². The predicted octanol–water partition coefficient (Wildman–Crippen LogP) is 3.78. The Kier molecular flexibility index (Phi) is 4.89. The summed E-state index contributed by atoms with van der Waals surface area (Å²) in [6, 6.07) is 3.94. The topological polar surface area (TPSA) is 30.0 Å². The van der Waals surface area contributed by atoms with Gasteiger partial charge in [-0.05, 0) is 43.9 Å². The summed E-state index contributed by atoms with van der Waals surface area (Å²) in [7, 11) is 0. The Morgan fingerprint density at radius 3 is 2.80 bits per heavy atom. The van der Waals surface area contributed by atoms with E-state index in [1.165, 1.54) is 0 Å². The van der Waals surface area contributed by atoms with Gasteiger partial charge < -0.3 is 0 Å². The van der Waals surface area contributed by atoms with Crippen LogP contribution in [0.5, 0.6) is 0 Å². The van der Waals surface area contributed by atoms with Crippen LogP contribution in [0.4, 0.5) is 0 Å². The lowest BCUT2D eigenvalue weighted by Crippen LogP contribution is -2.42. The molecule has 4 heteroatoms. The Morgan fingerprint density at radius 2 is 2.20 bits per heavy atom. The maximum Gasteiger partial charge on any atom is 0.142 e. The molecule has 1 unspecified atom stereocenters. The summed E-state index contributed by atoms with van der Waals surface area (Å²) in [5.41, 5.74) is 1.69. The molecule has 1 heterocycles. The van der Waals surface area contributed by atoms with Crippen LogP contribution in [-0.4, -0.2) is 21.0 Å². The number of thiocarbonyl (C=S) groups is 2. The minimum Gasteiger partial charge on any atom is -0.299 e. The number of rotatable bonds is 4. The van der Waals surface area contributed by atoms with Gasteiger partial charge in [0.2, 0.25) is 0 Å². The van der Waals surface area contributed by atoms with Crippen LogP contribution in [0.2, 0.25) is 0 Å². The van der Waals surface area contributed by atoms with Crippen molar-refractivity contribution in [3.8, 4) is 0 Å². The van der Waals surface area contributed by atoms with Crippen molar-refractivity contribution in [1.29, 1.82) is 0 Å². The largest absolute Gasteiger partial charge is 0.299 e. The van der Waals surface area contributed by atoms with E-state index in [0.29, 0.717) is 0 Å². The second-order valence-electron chi connectivity index (χ2n) is 5.07. The van der Waals surface area contributed by atoms with Crippen LogP contribution < -0.4 is 0 Å². The summed E-state index contributed by atoms with van der Waals surface area (Å²) >= 11 is 11.0. The van der Waals surface area contributed by atoms with Crippen LogP contribution >= 0.6 is 24.4 Å². The van der Waals surface area contributed by atoms with E-state index < -0.39 is 5.41 Å². The van der Waals surface area contributed by atoms with Gasteiger partial charge in [-0.15, -0.1) is 0 Å². The monoisotopic (exact) mass is 303 g/mol. The van der Waals surface area contributed by atoms with Gasteiger partial charge >= 0.3 is 0 Å². The maximum atomic E-state index is 11.0. The molecule has 20 heavy (non-hydrogen) atoms. The summed E-state index contributed by atoms with van der Waals surface area (Å²) in [6.07, 6.45) is 10.0. The minimum absolute atomic E-state index is 0.422. The zero-order valence-corrected chi connectivity index (χ0v) is 13.1. The van der Waals surface area contributed by atoms with Crippen molar-refractivity contribution in [2.24, 2.45) is 0 Å². The number of pyridine rings is 1. The highest BCUT2D eigenvalue weighted by Gasteiger charge is 2.42. The molecular formula is C16H17NOS2. The number of carbonyl (C=O) groups excluding carboxylic acids is 1. The van der Waals surface area contributed by atoms with Crippen LogP contribution in [0.1, 0.15) is 38.2 Å². The summed E-state index contributed by atoms with van der Waals surface area (Å²) in [4.78, 5) is 16.7. The van der Waals surface area contributed by atoms with Crippen molar-refractivity contribution in [1.82, 2.24) is 4.98 Å². The maximum absolute atomic E-state index is 11.0. The molecule has 2 nitrogen and oxygen atoms in total. The zero-order chi connectivity index (χ0) is 14.6. The van der Waals surface area contributed by atoms with Gasteiger partial charge in [-0.3, -0.25) is 9.78 Å². The van der Waals surface area contributed by atoms with Crippen LogP contribution in [0.15, 0.2) is 36.2 Å². The average Bonchev–Trinajstić information content (AvgIpc) is 2.48. The number of aldehydes is 1. The molecule has 1 aliphatic rings. The van der Waals surface area contributed by atoms with Crippen LogP contribution in [0, 0.1) is 0 Å². The van der Waals surface area contributed by atoms with E-state index >= 15 is 0 Å². The first-order valence-corrected chi connectivity index (χ1v) is 7.55. The summed E-state index contributed by atoms with van der Waals surface area (Å²) in [5, 5.41) is 0. The molecule has 1 atom stereocenters. The van der Waals surface area contributed by atoms with E-state index in [1.807, 2.05) is 25.3 Å². The van der Waals surface area contributed by atoms with Crippen molar-refractivity contribution in [3.05, 3.63) is 41.7 Å². The number of nitrogens with zero attached hydrogens (tertiary/aromatic N) is 1. The van der Waals surface area contributed by atoms with Gasteiger partial charge in [0, 0.05) is 22.1 Å². The molecule has 0 amide bonds.